The molecule has 0 spiro atoms. The number of fused-ring (bicyclic) bond motifs is 1. The number of benzene rings is 2. The Morgan fingerprint density at radius 3 is 2.11 bits per heavy atom. The molecule has 0 radical (unpaired) electrons. The highest BCUT2D eigenvalue weighted by molar-refractivity contribution is 8.02. The third-order valence-electron chi connectivity index (χ3n) is 8.07. The van der Waals surface area contributed by atoms with Crippen LogP contribution < -0.4 is 10.2 Å². The van der Waals surface area contributed by atoms with Gasteiger partial charge in [-0.2, -0.15) is 0 Å². The molecule has 1 aliphatic heterocycles. The zero-order chi connectivity index (χ0) is 24.4. The molecule has 1 atom stereocenters. The summed E-state index contributed by atoms with van der Waals surface area (Å²) in [5.41, 5.74) is 1.83. The van der Waals surface area contributed by atoms with Crippen LogP contribution in [0.4, 0.5) is 16.2 Å². The molecule has 2 aromatic carbocycles. The number of hydrogen-bond donors (Lipinski definition) is 1. The molecule has 5 aliphatic rings. The predicted octanol–water partition coefficient (Wildman–Crippen LogP) is 6.74. The van der Waals surface area contributed by atoms with E-state index in [4.69, 9.17) is 4.74 Å². The van der Waals surface area contributed by atoms with E-state index in [0.29, 0.717) is 0 Å². The second-order valence-corrected chi connectivity index (χ2v) is 13.7. The standard InChI is InChI=1S/C29H34N2O3S/c1-27(2,3)34-26(33)30-29(35-28-16-19-13-20(17-28)15-21(14-19)18-28)23-11-7-8-12-24(23)31(25(29)32)22-9-5-4-6-10-22/h4-12,19-21H,13-18H2,1-3H3,(H,30,33)/t19?,20?,21?,28?,29-/m0/s1. The van der Waals surface area contributed by atoms with Gasteiger partial charge in [0.15, 0.2) is 4.87 Å². The molecular weight excluding hydrogens is 456 g/mol. The summed E-state index contributed by atoms with van der Waals surface area (Å²) < 4.78 is 5.71. The molecular formula is C29H34N2O3S. The van der Waals surface area contributed by atoms with Crippen LogP contribution in [0.3, 0.4) is 0 Å². The lowest BCUT2D eigenvalue weighted by Crippen LogP contribution is -2.57. The van der Waals surface area contributed by atoms with Crippen molar-refractivity contribution in [2.45, 2.75) is 74.5 Å². The maximum absolute atomic E-state index is 14.5. The van der Waals surface area contributed by atoms with Crippen LogP contribution in [-0.2, 0) is 14.4 Å². The minimum absolute atomic E-state index is 0.000762. The fraction of sp³-hybridized carbons (Fsp3) is 0.517. The summed E-state index contributed by atoms with van der Waals surface area (Å²) in [4.78, 5) is 28.4. The number of alkyl carbamates (subject to hydrolysis) is 1. The molecule has 4 fully saturated rings. The number of carbonyl (C=O) groups is 2. The smallest absolute Gasteiger partial charge is 0.409 e. The van der Waals surface area contributed by atoms with Crippen molar-refractivity contribution in [2.24, 2.45) is 17.8 Å². The summed E-state index contributed by atoms with van der Waals surface area (Å²) in [5.74, 6) is 2.11. The molecule has 35 heavy (non-hydrogen) atoms. The second-order valence-electron chi connectivity index (χ2n) is 12.0. The van der Waals surface area contributed by atoms with Gasteiger partial charge in [-0.25, -0.2) is 4.79 Å². The largest absolute Gasteiger partial charge is 0.444 e. The minimum Gasteiger partial charge on any atom is -0.444 e. The molecule has 4 bridgehead atoms. The third kappa shape index (κ3) is 3.94. The van der Waals surface area contributed by atoms with Gasteiger partial charge in [-0.05, 0) is 95.2 Å². The van der Waals surface area contributed by atoms with Crippen LogP contribution in [0, 0.1) is 17.8 Å². The molecule has 5 nitrogen and oxygen atoms in total. The Morgan fingerprint density at radius 2 is 1.51 bits per heavy atom. The van der Waals surface area contributed by atoms with Gasteiger partial charge in [-0.1, -0.05) is 36.4 Å². The highest BCUT2D eigenvalue weighted by Gasteiger charge is 2.61. The van der Waals surface area contributed by atoms with Crippen molar-refractivity contribution < 1.29 is 14.3 Å². The monoisotopic (exact) mass is 490 g/mol. The molecule has 2 amide bonds. The summed E-state index contributed by atoms with van der Waals surface area (Å²) in [6, 6.07) is 17.7. The lowest BCUT2D eigenvalue weighted by molar-refractivity contribution is -0.120. The Bertz CT molecular complexity index is 1120. The van der Waals surface area contributed by atoms with Crippen LogP contribution in [0.25, 0.3) is 0 Å². The van der Waals surface area contributed by atoms with Crippen LogP contribution >= 0.6 is 11.8 Å². The van der Waals surface area contributed by atoms with Crippen LogP contribution in [0.15, 0.2) is 54.6 Å². The number of anilines is 2. The first-order valence-electron chi connectivity index (χ1n) is 12.9. The van der Waals surface area contributed by atoms with Crippen molar-refractivity contribution in [2.75, 3.05) is 4.90 Å². The summed E-state index contributed by atoms with van der Waals surface area (Å²) in [7, 11) is 0. The fourth-order valence-electron chi connectivity index (χ4n) is 7.36. The molecule has 1 heterocycles. The molecule has 0 unspecified atom stereocenters. The zero-order valence-electron chi connectivity index (χ0n) is 20.8. The number of amides is 2. The van der Waals surface area contributed by atoms with E-state index in [1.54, 1.807) is 16.7 Å². The van der Waals surface area contributed by atoms with Gasteiger partial charge in [-0.3, -0.25) is 15.0 Å². The SMILES string of the molecule is CC(C)(C)OC(=O)N[C@@]1(SC23CC4CC(CC(C4)C2)C3)C(=O)N(c2ccccc2)c2ccccc21. The van der Waals surface area contributed by atoms with Crippen molar-refractivity contribution in [3.05, 3.63) is 60.2 Å². The number of nitrogens with one attached hydrogen (secondary N) is 1. The Balaban J connectivity index is 1.46. The van der Waals surface area contributed by atoms with E-state index in [-0.39, 0.29) is 10.7 Å². The first-order valence-corrected chi connectivity index (χ1v) is 13.7. The zero-order valence-corrected chi connectivity index (χ0v) is 21.6. The van der Waals surface area contributed by atoms with Gasteiger partial charge >= 0.3 is 6.09 Å². The van der Waals surface area contributed by atoms with E-state index in [0.717, 1.165) is 54.0 Å². The maximum atomic E-state index is 14.5. The van der Waals surface area contributed by atoms with Crippen molar-refractivity contribution >= 4 is 35.1 Å². The molecule has 4 saturated carbocycles. The van der Waals surface area contributed by atoms with Crippen molar-refractivity contribution in [1.82, 2.24) is 5.32 Å². The van der Waals surface area contributed by atoms with E-state index in [9.17, 15) is 9.59 Å². The van der Waals surface area contributed by atoms with Crippen LogP contribution in [0.1, 0.15) is 64.9 Å². The van der Waals surface area contributed by atoms with Crippen molar-refractivity contribution in [3.63, 3.8) is 0 Å². The number of hydrogen-bond acceptors (Lipinski definition) is 4. The van der Waals surface area contributed by atoms with E-state index in [1.807, 2.05) is 75.4 Å². The van der Waals surface area contributed by atoms with Crippen LogP contribution in [0.5, 0.6) is 0 Å². The lowest BCUT2D eigenvalue weighted by Gasteiger charge is -2.58. The number of rotatable bonds is 4. The van der Waals surface area contributed by atoms with E-state index in [1.165, 1.54) is 19.3 Å². The van der Waals surface area contributed by atoms with Gasteiger partial charge in [0.1, 0.15) is 5.60 Å². The second kappa shape index (κ2) is 8.02. The lowest BCUT2D eigenvalue weighted by atomic mass is 9.56. The Kier molecular flexibility index (Phi) is 5.26. The normalized spacial score (nSPS) is 33.1. The number of thioether (sulfide) groups is 1. The maximum Gasteiger partial charge on any atom is 0.409 e. The van der Waals surface area contributed by atoms with Gasteiger partial charge in [0.2, 0.25) is 0 Å². The van der Waals surface area contributed by atoms with Gasteiger partial charge in [0, 0.05) is 16.0 Å². The Morgan fingerprint density at radius 1 is 0.943 bits per heavy atom. The number of ether oxygens (including phenoxy) is 1. The highest BCUT2D eigenvalue weighted by Crippen LogP contribution is 2.65. The van der Waals surface area contributed by atoms with Gasteiger partial charge in [0.25, 0.3) is 5.91 Å². The molecule has 4 aliphatic carbocycles. The molecule has 0 aromatic heterocycles. The molecule has 2 aromatic rings. The van der Waals surface area contributed by atoms with Crippen molar-refractivity contribution in [1.29, 1.82) is 0 Å². The predicted molar refractivity (Wildman–Crippen MR) is 140 cm³/mol. The molecule has 0 saturated heterocycles. The number of nitrogens with zero attached hydrogens (tertiary/aromatic N) is 1. The van der Waals surface area contributed by atoms with E-state index >= 15 is 0 Å². The van der Waals surface area contributed by atoms with Crippen LogP contribution in [-0.4, -0.2) is 22.3 Å². The minimum atomic E-state index is -1.22. The van der Waals surface area contributed by atoms with E-state index < -0.39 is 16.6 Å². The third-order valence-corrected chi connectivity index (χ3v) is 9.81. The van der Waals surface area contributed by atoms with E-state index in [2.05, 4.69) is 5.32 Å². The number of para-hydroxylation sites is 2. The topological polar surface area (TPSA) is 58.6 Å². The first-order chi connectivity index (χ1) is 16.7. The first kappa shape index (κ1) is 23.0. The summed E-state index contributed by atoms with van der Waals surface area (Å²) in [5, 5.41) is 3.14. The van der Waals surface area contributed by atoms with Crippen molar-refractivity contribution in [3.8, 4) is 0 Å². The van der Waals surface area contributed by atoms with Gasteiger partial charge < -0.3 is 4.74 Å². The van der Waals surface area contributed by atoms with Gasteiger partial charge in [-0.15, -0.1) is 11.8 Å². The molecule has 6 heteroatoms. The molecule has 7 rings (SSSR count). The Labute approximate surface area is 212 Å². The average molecular weight is 491 g/mol. The summed E-state index contributed by atoms with van der Waals surface area (Å²) >= 11 is 1.71. The molecule has 184 valence electrons. The quantitative estimate of drug-likeness (QED) is 0.482. The summed E-state index contributed by atoms with van der Waals surface area (Å²) in [6.07, 6.45) is 6.81. The molecule has 1 N–H and O–H groups in total. The Hall–Kier alpha value is -2.47. The van der Waals surface area contributed by atoms with Crippen LogP contribution in [0.2, 0.25) is 0 Å². The highest BCUT2D eigenvalue weighted by atomic mass is 32.2. The summed E-state index contributed by atoms with van der Waals surface area (Å²) in [6.45, 7) is 5.56. The number of carbonyl (C=O) groups excluding carboxylic acids is 2. The average Bonchev–Trinajstić information content (AvgIpc) is 2.99. The fourth-order valence-corrected chi connectivity index (χ4v) is 9.56. The van der Waals surface area contributed by atoms with Gasteiger partial charge in [0.05, 0.1) is 5.69 Å².